The summed E-state index contributed by atoms with van der Waals surface area (Å²) < 4.78 is 4.90. The highest BCUT2D eigenvalue weighted by Gasteiger charge is 2.12. The smallest absolute Gasteiger partial charge is 0.305 e. The molecule has 0 saturated heterocycles. The molecule has 122 valence electrons. The standard InChI is InChI=1S/C15H14N6O3/c1-10-4-6-11(7-5-10)14-17-20-21(19-14)9-13(22)16-18-15(23)12-3-2-8-24-12/h2-8H,9H2,1H3,(H,16,22)(H,18,23). The molecule has 0 aliphatic rings. The van der Waals surface area contributed by atoms with Gasteiger partial charge in [-0.05, 0) is 24.3 Å². The Kier molecular flexibility index (Phi) is 4.32. The first-order valence-corrected chi connectivity index (χ1v) is 7.09. The van der Waals surface area contributed by atoms with Crippen LogP contribution in [0, 0.1) is 6.92 Å². The number of amides is 2. The van der Waals surface area contributed by atoms with E-state index in [2.05, 4.69) is 26.3 Å². The van der Waals surface area contributed by atoms with E-state index in [0.717, 1.165) is 15.9 Å². The lowest BCUT2D eigenvalue weighted by Gasteiger charge is -2.04. The third-order valence-corrected chi connectivity index (χ3v) is 3.11. The Bertz CT molecular complexity index is 838. The van der Waals surface area contributed by atoms with Crippen LogP contribution in [-0.4, -0.2) is 32.0 Å². The molecule has 9 heteroatoms. The number of hydrogen-bond acceptors (Lipinski definition) is 6. The molecule has 0 saturated carbocycles. The molecular weight excluding hydrogens is 312 g/mol. The van der Waals surface area contributed by atoms with Crippen molar-refractivity contribution in [2.75, 3.05) is 0 Å². The van der Waals surface area contributed by atoms with Crippen molar-refractivity contribution in [3.05, 3.63) is 54.0 Å². The molecule has 2 N–H and O–H groups in total. The third-order valence-electron chi connectivity index (χ3n) is 3.11. The summed E-state index contributed by atoms with van der Waals surface area (Å²) in [7, 11) is 0. The van der Waals surface area contributed by atoms with Crippen LogP contribution in [0.3, 0.4) is 0 Å². The average Bonchev–Trinajstić information content (AvgIpc) is 3.25. The maximum atomic E-state index is 11.8. The van der Waals surface area contributed by atoms with Crippen LogP contribution in [0.15, 0.2) is 47.1 Å². The molecule has 0 unspecified atom stereocenters. The lowest BCUT2D eigenvalue weighted by molar-refractivity contribution is -0.122. The molecule has 0 aliphatic heterocycles. The van der Waals surface area contributed by atoms with Gasteiger partial charge in [-0.25, -0.2) is 0 Å². The largest absolute Gasteiger partial charge is 0.459 e. The summed E-state index contributed by atoms with van der Waals surface area (Å²) in [6, 6.07) is 10.7. The molecule has 0 spiro atoms. The molecule has 0 fully saturated rings. The van der Waals surface area contributed by atoms with Gasteiger partial charge < -0.3 is 4.42 Å². The highest BCUT2D eigenvalue weighted by molar-refractivity contribution is 5.92. The second-order valence-electron chi connectivity index (χ2n) is 4.99. The van der Waals surface area contributed by atoms with E-state index < -0.39 is 11.8 Å². The number of aryl methyl sites for hydroxylation is 1. The molecular formula is C15H14N6O3. The first-order chi connectivity index (χ1) is 11.6. The van der Waals surface area contributed by atoms with Crippen molar-refractivity contribution in [3.63, 3.8) is 0 Å². The number of nitrogens with one attached hydrogen (secondary N) is 2. The van der Waals surface area contributed by atoms with Gasteiger partial charge in [0.25, 0.3) is 5.91 Å². The molecule has 2 heterocycles. The summed E-state index contributed by atoms with van der Waals surface area (Å²) in [6.45, 7) is 1.80. The van der Waals surface area contributed by atoms with Crippen LogP contribution in [0.4, 0.5) is 0 Å². The number of furan rings is 1. The summed E-state index contributed by atoms with van der Waals surface area (Å²) in [5.41, 5.74) is 6.40. The minimum absolute atomic E-state index is 0.0934. The predicted octanol–water partition coefficient (Wildman–Crippen LogP) is 0.703. The van der Waals surface area contributed by atoms with Crippen LogP contribution in [-0.2, 0) is 11.3 Å². The van der Waals surface area contributed by atoms with Crippen LogP contribution in [0.2, 0.25) is 0 Å². The summed E-state index contributed by atoms with van der Waals surface area (Å²) in [4.78, 5) is 24.5. The minimum Gasteiger partial charge on any atom is -0.459 e. The first-order valence-electron chi connectivity index (χ1n) is 7.09. The first kappa shape index (κ1) is 15.4. The summed E-state index contributed by atoms with van der Waals surface area (Å²) in [6.07, 6.45) is 1.36. The molecule has 3 aromatic rings. The summed E-state index contributed by atoms with van der Waals surface area (Å²) in [5.74, 6) is -0.540. The molecule has 2 aromatic heterocycles. The van der Waals surface area contributed by atoms with E-state index in [1.165, 1.54) is 12.3 Å². The highest BCUT2D eigenvalue weighted by Crippen LogP contribution is 2.13. The number of benzene rings is 1. The van der Waals surface area contributed by atoms with Gasteiger partial charge in [-0.2, -0.15) is 4.80 Å². The summed E-state index contributed by atoms with van der Waals surface area (Å²) >= 11 is 0. The number of hydrazine groups is 1. The van der Waals surface area contributed by atoms with E-state index in [1.54, 1.807) is 6.07 Å². The van der Waals surface area contributed by atoms with Crippen LogP contribution in [0.1, 0.15) is 16.1 Å². The monoisotopic (exact) mass is 326 g/mol. The Morgan fingerprint density at radius 3 is 2.67 bits per heavy atom. The fourth-order valence-electron chi connectivity index (χ4n) is 1.89. The van der Waals surface area contributed by atoms with Gasteiger partial charge in [0.05, 0.1) is 6.26 Å². The van der Waals surface area contributed by atoms with E-state index in [1.807, 2.05) is 31.2 Å². The number of carbonyl (C=O) groups is 2. The van der Waals surface area contributed by atoms with E-state index in [4.69, 9.17) is 4.42 Å². The topological polar surface area (TPSA) is 115 Å². The maximum Gasteiger partial charge on any atom is 0.305 e. The Balaban J connectivity index is 1.55. The molecule has 0 radical (unpaired) electrons. The quantitative estimate of drug-likeness (QED) is 0.682. The van der Waals surface area contributed by atoms with Crippen LogP contribution >= 0.6 is 0 Å². The average molecular weight is 326 g/mol. The van der Waals surface area contributed by atoms with Crippen LogP contribution < -0.4 is 10.9 Å². The fraction of sp³-hybridized carbons (Fsp3) is 0.133. The van der Waals surface area contributed by atoms with Crippen molar-refractivity contribution in [1.29, 1.82) is 0 Å². The Morgan fingerprint density at radius 2 is 1.96 bits per heavy atom. The molecule has 24 heavy (non-hydrogen) atoms. The van der Waals surface area contributed by atoms with E-state index in [-0.39, 0.29) is 12.3 Å². The fourth-order valence-corrected chi connectivity index (χ4v) is 1.89. The van der Waals surface area contributed by atoms with Gasteiger partial charge in [-0.1, -0.05) is 29.8 Å². The zero-order chi connectivity index (χ0) is 16.9. The van der Waals surface area contributed by atoms with E-state index in [0.29, 0.717) is 5.82 Å². The molecule has 0 aliphatic carbocycles. The van der Waals surface area contributed by atoms with Crippen molar-refractivity contribution >= 4 is 11.8 Å². The molecule has 3 rings (SSSR count). The van der Waals surface area contributed by atoms with Crippen molar-refractivity contribution in [2.45, 2.75) is 13.5 Å². The van der Waals surface area contributed by atoms with Crippen molar-refractivity contribution in [2.24, 2.45) is 0 Å². The van der Waals surface area contributed by atoms with Gasteiger partial charge in [0.1, 0.15) is 6.54 Å². The lowest BCUT2D eigenvalue weighted by atomic mass is 10.1. The third kappa shape index (κ3) is 3.64. The van der Waals surface area contributed by atoms with E-state index in [9.17, 15) is 9.59 Å². The van der Waals surface area contributed by atoms with Crippen molar-refractivity contribution < 1.29 is 14.0 Å². The second-order valence-corrected chi connectivity index (χ2v) is 4.99. The lowest BCUT2D eigenvalue weighted by Crippen LogP contribution is -2.43. The second kappa shape index (κ2) is 6.73. The Hall–Kier alpha value is -3.49. The SMILES string of the molecule is Cc1ccc(-c2nnn(CC(=O)NNC(=O)c3ccco3)n2)cc1. The van der Waals surface area contributed by atoms with Crippen LogP contribution in [0.5, 0.6) is 0 Å². The van der Waals surface area contributed by atoms with Gasteiger partial charge in [-0.15, -0.1) is 10.2 Å². The number of rotatable bonds is 4. The van der Waals surface area contributed by atoms with Gasteiger partial charge in [-0.3, -0.25) is 20.4 Å². The maximum absolute atomic E-state index is 11.8. The zero-order valence-electron chi connectivity index (χ0n) is 12.8. The summed E-state index contributed by atoms with van der Waals surface area (Å²) in [5, 5.41) is 11.8. The zero-order valence-corrected chi connectivity index (χ0v) is 12.8. The van der Waals surface area contributed by atoms with Gasteiger partial charge in [0, 0.05) is 5.56 Å². The van der Waals surface area contributed by atoms with Gasteiger partial charge >= 0.3 is 5.91 Å². The Labute approximate surface area is 136 Å². The molecule has 0 atom stereocenters. The molecule has 9 nitrogen and oxygen atoms in total. The highest BCUT2D eigenvalue weighted by atomic mass is 16.3. The number of hydrogen-bond donors (Lipinski definition) is 2. The minimum atomic E-state index is -0.555. The van der Waals surface area contributed by atoms with Gasteiger partial charge in [0.15, 0.2) is 5.76 Å². The van der Waals surface area contributed by atoms with Crippen molar-refractivity contribution in [1.82, 2.24) is 31.1 Å². The molecule has 1 aromatic carbocycles. The van der Waals surface area contributed by atoms with Gasteiger partial charge in [0.2, 0.25) is 5.82 Å². The number of nitrogens with zero attached hydrogens (tertiary/aromatic N) is 4. The van der Waals surface area contributed by atoms with Crippen molar-refractivity contribution in [3.8, 4) is 11.4 Å². The number of aromatic nitrogens is 4. The Morgan fingerprint density at radius 1 is 1.17 bits per heavy atom. The normalized spacial score (nSPS) is 10.4. The molecule has 2 amide bonds. The predicted molar refractivity (Wildman–Crippen MR) is 82.3 cm³/mol. The molecule has 0 bridgehead atoms. The number of tetrazole rings is 1. The number of carbonyl (C=O) groups excluding carboxylic acids is 2. The van der Waals surface area contributed by atoms with Crippen LogP contribution in [0.25, 0.3) is 11.4 Å². The van der Waals surface area contributed by atoms with E-state index >= 15 is 0 Å².